The van der Waals surface area contributed by atoms with Crippen molar-refractivity contribution in [3.8, 4) is 5.40 Å². The molecule has 1 amide bonds. The molecule has 0 heterocycles. The summed E-state index contributed by atoms with van der Waals surface area (Å²) in [4.78, 5) is 25.2. The van der Waals surface area contributed by atoms with Crippen molar-refractivity contribution in [2.24, 2.45) is 0 Å². The number of benzene rings is 2. The van der Waals surface area contributed by atoms with E-state index in [0.29, 0.717) is 11.3 Å². The Hall–Kier alpha value is -2.78. The highest BCUT2D eigenvalue weighted by Gasteiger charge is 2.37. The first-order valence-corrected chi connectivity index (χ1v) is 8.85. The first-order valence-electron chi connectivity index (χ1n) is 8.04. The highest BCUT2D eigenvalue weighted by Crippen LogP contribution is 2.31. The van der Waals surface area contributed by atoms with Crippen LogP contribution in [0.3, 0.4) is 0 Å². The number of thiocyanates is 1. The fourth-order valence-electron chi connectivity index (χ4n) is 2.84. The molecule has 1 unspecified atom stereocenters. The molecule has 0 radical (unpaired) electrons. The number of nitrogens with zero attached hydrogens (tertiary/aromatic N) is 1. The molecule has 2 N–H and O–H groups in total. The monoisotopic (exact) mass is 368 g/mol. The third-order valence-electron chi connectivity index (χ3n) is 4.33. The van der Waals surface area contributed by atoms with Crippen LogP contribution in [0.25, 0.3) is 0 Å². The lowest BCUT2D eigenvalue weighted by Gasteiger charge is -2.25. The number of hydrogen-bond donors (Lipinski definition) is 2. The molecule has 0 bridgehead atoms. The summed E-state index contributed by atoms with van der Waals surface area (Å²) in [5.74, 6) is -1.42. The van der Waals surface area contributed by atoms with E-state index >= 15 is 0 Å². The fraction of sp³-hybridized carbons (Fsp3) is 0.250. The SMILES string of the molecule is Cc1cc(SC#N)cc(C)c1NC(=O)CC(C)(C(=O)O)c1ccccc1. The number of aliphatic carboxylic acids is 1. The highest BCUT2D eigenvalue weighted by molar-refractivity contribution is 8.03. The summed E-state index contributed by atoms with van der Waals surface area (Å²) in [7, 11) is 0. The summed E-state index contributed by atoms with van der Waals surface area (Å²) in [6.07, 6.45) is -0.181. The molecule has 0 spiro atoms. The lowest BCUT2D eigenvalue weighted by atomic mass is 9.79. The molecular formula is C20H20N2O3S. The summed E-state index contributed by atoms with van der Waals surface area (Å²) in [6.45, 7) is 5.24. The minimum Gasteiger partial charge on any atom is -0.481 e. The molecule has 0 aliphatic carbocycles. The maximum absolute atomic E-state index is 12.6. The van der Waals surface area contributed by atoms with Crippen molar-refractivity contribution in [1.29, 1.82) is 5.26 Å². The smallest absolute Gasteiger partial charge is 0.314 e. The van der Waals surface area contributed by atoms with Crippen LogP contribution >= 0.6 is 11.8 Å². The molecule has 0 aliphatic heterocycles. The second-order valence-electron chi connectivity index (χ2n) is 6.35. The number of nitrogens with one attached hydrogen (secondary N) is 1. The van der Waals surface area contributed by atoms with Gasteiger partial charge in [0.1, 0.15) is 5.40 Å². The molecule has 2 aromatic carbocycles. The second kappa shape index (κ2) is 8.07. The van der Waals surface area contributed by atoms with Gasteiger partial charge in [0.05, 0.1) is 5.41 Å². The molecule has 0 saturated carbocycles. The number of thioether (sulfide) groups is 1. The highest BCUT2D eigenvalue weighted by atomic mass is 32.2. The van der Waals surface area contributed by atoms with Crippen molar-refractivity contribution in [2.75, 3.05) is 5.32 Å². The van der Waals surface area contributed by atoms with Crippen molar-refractivity contribution in [1.82, 2.24) is 0 Å². The zero-order chi connectivity index (χ0) is 19.3. The first-order chi connectivity index (χ1) is 12.3. The van der Waals surface area contributed by atoms with Gasteiger partial charge >= 0.3 is 5.97 Å². The van der Waals surface area contributed by atoms with Gasteiger partial charge in [0, 0.05) is 17.0 Å². The van der Waals surface area contributed by atoms with Crippen molar-refractivity contribution in [3.05, 3.63) is 59.2 Å². The van der Waals surface area contributed by atoms with E-state index in [1.807, 2.05) is 31.4 Å². The van der Waals surface area contributed by atoms with Gasteiger partial charge in [0.25, 0.3) is 0 Å². The molecule has 0 aromatic heterocycles. The summed E-state index contributed by atoms with van der Waals surface area (Å²) >= 11 is 1.06. The van der Waals surface area contributed by atoms with Crippen LogP contribution in [0.4, 0.5) is 5.69 Å². The molecule has 2 rings (SSSR count). The van der Waals surface area contributed by atoms with E-state index in [-0.39, 0.29) is 12.3 Å². The van der Waals surface area contributed by atoms with Crippen molar-refractivity contribution >= 4 is 29.3 Å². The summed E-state index contributed by atoms with van der Waals surface area (Å²) in [5.41, 5.74) is 1.57. The number of anilines is 1. The average Bonchev–Trinajstić information content (AvgIpc) is 2.59. The molecule has 6 heteroatoms. The topological polar surface area (TPSA) is 90.2 Å². The Morgan fingerprint density at radius 3 is 2.27 bits per heavy atom. The quantitative estimate of drug-likeness (QED) is 0.588. The van der Waals surface area contributed by atoms with Gasteiger partial charge in [-0.15, -0.1) is 0 Å². The summed E-state index contributed by atoms with van der Waals surface area (Å²) < 4.78 is 0. The zero-order valence-corrected chi connectivity index (χ0v) is 15.7. The van der Waals surface area contributed by atoms with Gasteiger partial charge in [-0.25, -0.2) is 0 Å². The molecule has 0 fully saturated rings. The van der Waals surface area contributed by atoms with Crippen LogP contribution < -0.4 is 5.32 Å². The molecule has 0 aliphatic rings. The van der Waals surface area contributed by atoms with Crippen LogP contribution in [-0.2, 0) is 15.0 Å². The average molecular weight is 368 g/mol. The third-order valence-corrected chi connectivity index (χ3v) is 4.89. The van der Waals surface area contributed by atoms with Crippen LogP contribution in [-0.4, -0.2) is 17.0 Å². The van der Waals surface area contributed by atoms with Crippen molar-refractivity contribution in [3.63, 3.8) is 0 Å². The number of rotatable bonds is 6. The minimum absolute atomic E-state index is 0.181. The Balaban J connectivity index is 2.25. The van der Waals surface area contributed by atoms with Gasteiger partial charge in [-0.1, -0.05) is 30.3 Å². The zero-order valence-electron chi connectivity index (χ0n) is 14.9. The summed E-state index contributed by atoms with van der Waals surface area (Å²) in [6, 6.07) is 12.4. The molecule has 0 saturated heterocycles. The van der Waals surface area contributed by atoms with Gasteiger partial charge in [-0.3, -0.25) is 9.59 Å². The minimum atomic E-state index is -1.32. The van der Waals surface area contributed by atoms with E-state index in [0.717, 1.165) is 27.8 Å². The fourth-order valence-corrected chi connectivity index (χ4v) is 3.42. The lowest BCUT2D eigenvalue weighted by molar-refractivity contribution is -0.145. The number of amides is 1. The maximum atomic E-state index is 12.6. The normalized spacial score (nSPS) is 12.7. The van der Waals surface area contributed by atoms with Crippen LogP contribution in [0.15, 0.2) is 47.4 Å². The van der Waals surface area contributed by atoms with E-state index in [9.17, 15) is 14.7 Å². The van der Waals surface area contributed by atoms with E-state index in [2.05, 4.69) is 5.32 Å². The Labute approximate surface area is 157 Å². The number of carbonyl (C=O) groups excluding carboxylic acids is 1. The van der Waals surface area contributed by atoms with Gasteiger partial charge in [-0.05, 0) is 61.4 Å². The number of carboxylic acid groups (broad SMARTS) is 1. The van der Waals surface area contributed by atoms with E-state index in [4.69, 9.17) is 5.26 Å². The van der Waals surface area contributed by atoms with Gasteiger partial charge in [0.15, 0.2) is 0 Å². The summed E-state index contributed by atoms with van der Waals surface area (Å²) in [5, 5.41) is 23.3. The van der Waals surface area contributed by atoms with E-state index in [1.165, 1.54) is 0 Å². The van der Waals surface area contributed by atoms with Gasteiger partial charge in [-0.2, -0.15) is 5.26 Å². The predicted molar refractivity (Wildman–Crippen MR) is 102 cm³/mol. The standard InChI is InChI=1S/C20H20N2O3S/c1-13-9-16(26-12-21)10-14(2)18(13)22-17(23)11-20(3,19(24)25)15-7-5-4-6-8-15/h4-10H,11H2,1-3H3,(H,22,23)(H,24,25). The lowest BCUT2D eigenvalue weighted by Crippen LogP contribution is -2.36. The molecule has 5 nitrogen and oxygen atoms in total. The number of aryl methyl sites for hydroxylation is 2. The number of nitriles is 1. The van der Waals surface area contributed by atoms with E-state index < -0.39 is 11.4 Å². The molecule has 2 aromatic rings. The number of carboxylic acids is 1. The third kappa shape index (κ3) is 4.24. The Morgan fingerprint density at radius 1 is 1.19 bits per heavy atom. The van der Waals surface area contributed by atoms with Gasteiger partial charge in [0.2, 0.25) is 5.91 Å². The molecular weight excluding hydrogens is 348 g/mol. The van der Waals surface area contributed by atoms with Crippen molar-refractivity contribution < 1.29 is 14.7 Å². The first kappa shape index (κ1) is 19.5. The van der Waals surface area contributed by atoms with Crippen LogP contribution in [0, 0.1) is 24.5 Å². The molecule has 1 atom stereocenters. The van der Waals surface area contributed by atoms with Gasteiger partial charge < -0.3 is 10.4 Å². The largest absolute Gasteiger partial charge is 0.481 e. The van der Waals surface area contributed by atoms with E-state index in [1.54, 1.807) is 37.3 Å². The number of carbonyl (C=O) groups is 2. The molecule has 26 heavy (non-hydrogen) atoms. The van der Waals surface area contributed by atoms with Crippen molar-refractivity contribution in [2.45, 2.75) is 37.5 Å². The maximum Gasteiger partial charge on any atom is 0.314 e. The second-order valence-corrected chi connectivity index (χ2v) is 7.21. The van der Waals surface area contributed by atoms with Crippen LogP contribution in [0.1, 0.15) is 30.0 Å². The predicted octanol–water partition coefficient (Wildman–Crippen LogP) is 4.25. The number of hydrogen-bond acceptors (Lipinski definition) is 4. The molecule has 134 valence electrons. The van der Waals surface area contributed by atoms with Crippen LogP contribution in [0.5, 0.6) is 0 Å². The van der Waals surface area contributed by atoms with Crippen LogP contribution in [0.2, 0.25) is 0 Å². The Bertz CT molecular complexity index is 851. The Morgan fingerprint density at radius 2 is 1.77 bits per heavy atom. The Kier molecular flexibility index (Phi) is 6.06.